The van der Waals surface area contributed by atoms with Crippen LogP contribution in [0, 0.1) is 12.8 Å². The Bertz CT molecular complexity index is 795. The molecule has 1 aromatic carbocycles. The zero-order valence-electron chi connectivity index (χ0n) is 14.2. The van der Waals surface area contributed by atoms with Gasteiger partial charge in [0.1, 0.15) is 5.00 Å². The van der Waals surface area contributed by atoms with Crippen LogP contribution in [0.2, 0.25) is 0 Å². The summed E-state index contributed by atoms with van der Waals surface area (Å²) in [4.78, 5) is 26.2. The van der Waals surface area contributed by atoms with E-state index < -0.39 is 0 Å². The lowest BCUT2D eigenvalue weighted by Gasteiger charge is -2.18. The maximum absolute atomic E-state index is 12.6. The van der Waals surface area contributed by atoms with E-state index in [0.717, 1.165) is 30.4 Å². The van der Waals surface area contributed by atoms with Gasteiger partial charge < -0.3 is 10.6 Å². The third-order valence-corrected chi connectivity index (χ3v) is 5.64. The number of rotatable bonds is 3. The van der Waals surface area contributed by atoms with Gasteiger partial charge in [0.15, 0.2) is 0 Å². The molecular formula is C19H22N2O2S. The number of anilines is 1. The van der Waals surface area contributed by atoms with E-state index in [1.807, 2.05) is 25.1 Å². The Morgan fingerprint density at radius 3 is 2.75 bits per heavy atom. The van der Waals surface area contributed by atoms with Crippen molar-refractivity contribution in [2.45, 2.75) is 33.1 Å². The van der Waals surface area contributed by atoms with Gasteiger partial charge in [0.25, 0.3) is 11.8 Å². The molecule has 0 saturated carbocycles. The second-order valence-electron chi connectivity index (χ2n) is 6.46. The van der Waals surface area contributed by atoms with E-state index in [1.54, 1.807) is 24.5 Å². The number of amides is 2. The Hall–Kier alpha value is -2.14. The first-order chi connectivity index (χ1) is 11.5. The highest BCUT2D eigenvalue weighted by Gasteiger charge is 2.28. The molecule has 0 bridgehead atoms. The molecule has 1 aliphatic rings. The minimum Gasteiger partial charge on any atom is -0.355 e. The number of nitrogens with one attached hydrogen (secondary N) is 2. The molecule has 0 aliphatic heterocycles. The normalized spacial score (nSPS) is 16.4. The van der Waals surface area contributed by atoms with E-state index in [4.69, 9.17) is 0 Å². The van der Waals surface area contributed by atoms with Gasteiger partial charge in [-0.2, -0.15) is 0 Å². The molecule has 0 fully saturated rings. The van der Waals surface area contributed by atoms with Crippen molar-refractivity contribution in [1.29, 1.82) is 0 Å². The van der Waals surface area contributed by atoms with Crippen LogP contribution in [-0.4, -0.2) is 18.9 Å². The molecule has 0 unspecified atom stereocenters. The molecule has 2 N–H and O–H groups in total. The molecule has 2 amide bonds. The van der Waals surface area contributed by atoms with Gasteiger partial charge in [-0.25, -0.2) is 0 Å². The second kappa shape index (κ2) is 6.77. The standard InChI is InChI=1S/C19H22N2O2S/c1-11-5-4-6-13(9-11)17(22)21-19-16(18(23)20-3)14-8-7-12(2)10-15(14)24-19/h4-6,9,12H,7-8,10H2,1-3H3,(H,20,23)(H,21,22)/t12-/m0/s1. The number of carbonyl (C=O) groups excluding carboxylic acids is 2. The number of aryl methyl sites for hydroxylation is 1. The smallest absolute Gasteiger partial charge is 0.256 e. The predicted octanol–water partition coefficient (Wildman–Crippen LogP) is 3.79. The minimum absolute atomic E-state index is 0.124. The molecule has 24 heavy (non-hydrogen) atoms. The van der Waals surface area contributed by atoms with Gasteiger partial charge in [-0.15, -0.1) is 11.3 Å². The molecule has 0 saturated heterocycles. The number of hydrogen-bond acceptors (Lipinski definition) is 3. The van der Waals surface area contributed by atoms with Gasteiger partial charge in [0, 0.05) is 17.5 Å². The van der Waals surface area contributed by atoms with E-state index in [0.29, 0.717) is 22.0 Å². The lowest BCUT2D eigenvalue weighted by Crippen LogP contribution is -2.22. The Kier molecular flexibility index (Phi) is 4.71. The molecule has 0 spiro atoms. The van der Waals surface area contributed by atoms with Gasteiger partial charge in [-0.3, -0.25) is 9.59 Å². The molecule has 126 valence electrons. The zero-order chi connectivity index (χ0) is 17.3. The lowest BCUT2D eigenvalue weighted by molar-refractivity contribution is 0.0963. The summed E-state index contributed by atoms with van der Waals surface area (Å²) in [5, 5.41) is 6.33. The summed E-state index contributed by atoms with van der Waals surface area (Å²) in [6, 6.07) is 7.46. The average Bonchev–Trinajstić information content (AvgIpc) is 2.90. The van der Waals surface area contributed by atoms with E-state index in [9.17, 15) is 9.59 Å². The third-order valence-electron chi connectivity index (χ3n) is 4.47. The van der Waals surface area contributed by atoms with Crippen LogP contribution >= 0.6 is 11.3 Å². The van der Waals surface area contributed by atoms with Crippen LogP contribution in [0.5, 0.6) is 0 Å². The fraction of sp³-hybridized carbons (Fsp3) is 0.368. The molecular weight excluding hydrogens is 320 g/mol. The number of fused-ring (bicyclic) bond motifs is 1. The van der Waals surface area contributed by atoms with E-state index in [1.165, 1.54) is 4.88 Å². The molecule has 1 aliphatic carbocycles. The quantitative estimate of drug-likeness (QED) is 0.891. The highest BCUT2D eigenvalue weighted by Crippen LogP contribution is 2.39. The first-order valence-corrected chi connectivity index (χ1v) is 9.06. The Labute approximate surface area is 146 Å². The molecule has 3 rings (SSSR count). The predicted molar refractivity (Wildman–Crippen MR) is 98.0 cm³/mol. The zero-order valence-corrected chi connectivity index (χ0v) is 15.0. The van der Waals surface area contributed by atoms with Gasteiger partial charge in [0.2, 0.25) is 0 Å². The number of hydrogen-bond donors (Lipinski definition) is 2. The van der Waals surface area contributed by atoms with Crippen molar-refractivity contribution in [2.24, 2.45) is 5.92 Å². The maximum atomic E-state index is 12.6. The topological polar surface area (TPSA) is 58.2 Å². The van der Waals surface area contributed by atoms with Gasteiger partial charge >= 0.3 is 0 Å². The van der Waals surface area contributed by atoms with Crippen LogP contribution in [0.1, 0.15) is 50.1 Å². The van der Waals surface area contributed by atoms with Crippen LogP contribution in [0.3, 0.4) is 0 Å². The Morgan fingerprint density at radius 1 is 1.25 bits per heavy atom. The molecule has 1 heterocycles. The van der Waals surface area contributed by atoms with E-state index >= 15 is 0 Å². The molecule has 1 atom stereocenters. The maximum Gasteiger partial charge on any atom is 0.256 e. The Balaban J connectivity index is 1.95. The summed E-state index contributed by atoms with van der Waals surface area (Å²) in [5.74, 6) is 0.325. The van der Waals surface area contributed by atoms with E-state index in [-0.39, 0.29) is 11.8 Å². The van der Waals surface area contributed by atoms with Gasteiger partial charge in [-0.1, -0.05) is 24.6 Å². The summed E-state index contributed by atoms with van der Waals surface area (Å²) >= 11 is 1.54. The molecule has 4 nitrogen and oxygen atoms in total. The fourth-order valence-corrected chi connectivity index (χ4v) is 4.57. The van der Waals surface area contributed by atoms with Crippen LogP contribution in [-0.2, 0) is 12.8 Å². The first kappa shape index (κ1) is 16.7. The summed E-state index contributed by atoms with van der Waals surface area (Å²) in [6.07, 6.45) is 2.96. The average molecular weight is 342 g/mol. The summed E-state index contributed by atoms with van der Waals surface area (Å²) < 4.78 is 0. The summed E-state index contributed by atoms with van der Waals surface area (Å²) in [5.41, 5.74) is 3.40. The van der Waals surface area contributed by atoms with Crippen molar-refractivity contribution < 1.29 is 9.59 Å². The highest BCUT2D eigenvalue weighted by molar-refractivity contribution is 7.17. The van der Waals surface area contributed by atoms with Crippen LogP contribution in [0.15, 0.2) is 24.3 Å². The molecule has 1 aromatic heterocycles. The van der Waals surface area contributed by atoms with Crippen molar-refractivity contribution in [3.8, 4) is 0 Å². The SMILES string of the molecule is CNC(=O)c1c(NC(=O)c2cccc(C)c2)sc2c1CC[C@H](C)C2. The summed E-state index contributed by atoms with van der Waals surface area (Å²) in [6.45, 7) is 4.19. The van der Waals surface area contributed by atoms with Crippen molar-refractivity contribution in [2.75, 3.05) is 12.4 Å². The molecule has 5 heteroatoms. The van der Waals surface area contributed by atoms with Gasteiger partial charge in [-0.05, 0) is 49.8 Å². The first-order valence-electron chi connectivity index (χ1n) is 8.24. The van der Waals surface area contributed by atoms with Crippen LogP contribution < -0.4 is 10.6 Å². The monoisotopic (exact) mass is 342 g/mol. The Morgan fingerprint density at radius 2 is 2.04 bits per heavy atom. The molecule has 0 radical (unpaired) electrons. The van der Waals surface area contributed by atoms with Crippen molar-refractivity contribution in [3.63, 3.8) is 0 Å². The van der Waals surface area contributed by atoms with Crippen LogP contribution in [0.4, 0.5) is 5.00 Å². The lowest BCUT2D eigenvalue weighted by atomic mass is 9.88. The van der Waals surface area contributed by atoms with Crippen LogP contribution in [0.25, 0.3) is 0 Å². The molecule has 2 aromatic rings. The highest BCUT2D eigenvalue weighted by atomic mass is 32.1. The second-order valence-corrected chi connectivity index (χ2v) is 7.56. The van der Waals surface area contributed by atoms with Crippen molar-refractivity contribution >= 4 is 28.2 Å². The van der Waals surface area contributed by atoms with Crippen molar-refractivity contribution in [1.82, 2.24) is 5.32 Å². The van der Waals surface area contributed by atoms with Gasteiger partial charge in [0.05, 0.1) is 5.56 Å². The summed E-state index contributed by atoms with van der Waals surface area (Å²) in [7, 11) is 1.63. The minimum atomic E-state index is -0.171. The fourth-order valence-electron chi connectivity index (χ4n) is 3.17. The third kappa shape index (κ3) is 3.22. The number of thiophene rings is 1. The van der Waals surface area contributed by atoms with E-state index in [2.05, 4.69) is 17.6 Å². The number of benzene rings is 1. The number of carbonyl (C=O) groups is 2. The van der Waals surface area contributed by atoms with Crippen molar-refractivity contribution in [3.05, 3.63) is 51.4 Å². The largest absolute Gasteiger partial charge is 0.355 e.